The Labute approximate surface area is 149 Å². The Morgan fingerprint density at radius 2 is 2.24 bits per heavy atom. The largest absolute Gasteiger partial charge is 0.396 e. The molecule has 25 heavy (non-hydrogen) atoms. The van der Waals surface area contributed by atoms with Crippen molar-refractivity contribution in [3.8, 4) is 0 Å². The number of guanidine groups is 1. The maximum atomic E-state index is 9.34. The van der Waals surface area contributed by atoms with Crippen LogP contribution < -0.4 is 10.6 Å². The molecule has 0 radical (unpaired) electrons. The first-order valence-electron chi connectivity index (χ1n) is 9.47. The SMILES string of the molecule is CN=C(NCC1C2Cc3ccccc3C12)NCC1(CCO)CCOC1. The molecule has 4 unspecified atom stereocenters. The van der Waals surface area contributed by atoms with Crippen molar-refractivity contribution >= 4 is 5.96 Å². The molecule has 3 N–H and O–H groups in total. The summed E-state index contributed by atoms with van der Waals surface area (Å²) < 4.78 is 5.56. The van der Waals surface area contributed by atoms with Gasteiger partial charge in [-0.3, -0.25) is 4.99 Å². The van der Waals surface area contributed by atoms with Gasteiger partial charge in [-0.2, -0.15) is 0 Å². The highest BCUT2D eigenvalue weighted by molar-refractivity contribution is 5.79. The highest BCUT2D eigenvalue weighted by Gasteiger charge is 2.54. The van der Waals surface area contributed by atoms with Gasteiger partial charge in [0.2, 0.25) is 0 Å². The van der Waals surface area contributed by atoms with Gasteiger partial charge in [-0.25, -0.2) is 0 Å². The number of benzene rings is 1. The molecule has 2 fully saturated rings. The van der Waals surface area contributed by atoms with E-state index in [-0.39, 0.29) is 12.0 Å². The Balaban J connectivity index is 1.27. The van der Waals surface area contributed by atoms with Crippen LogP contribution in [0.3, 0.4) is 0 Å². The molecule has 5 nitrogen and oxygen atoms in total. The average molecular weight is 343 g/mol. The number of hydrogen-bond donors (Lipinski definition) is 3. The third-order valence-corrected chi connectivity index (χ3v) is 6.39. The van der Waals surface area contributed by atoms with E-state index in [1.807, 2.05) is 7.05 Å². The van der Waals surface area contributed by atoms with Crippen LogP contribution in [0.2, 0.25) is 0 Å². The minimum atomic E-state index is 0.0431. The van der Waals surface area contributed by atoms with Gasteiger partial charge in [0, 0.05) is 38.8 Å². The van der Waals surface area contributed by atoms with Crippen molar-refractivity contribution in [2.24, 2.45) is 22.2 Å². The fraction of sp³-hybridized carbons (Fsp3) is 0.650. The van der Waals surface area contributed by atoms with Crippen LogP contribution in [-0.4, -0.2) is 51.0 Å². The van der Waals surface area contributed by atoms with E-state index in [0.717, 1.165) is 62.9 Å². The van der Waals surface area contributed by atoms with Crippen molar-refractivity contribution in [1.29, 1.82) is 0 Å². The molecule has 4 rings (SSSR count). The standard InChI is InChI=1S/C20H29N3O2/c1-21-19(23-12-20(6-8-24)7-9-25-13-20)22-11-17-16-10-14-4-2-3-5-15(14)18(16)17/h2-5,16-18,24H,6-13H2,1H3,(H2,21,22,23). The summed E-state index contributed by atoms with van der Waals surface area (Å²) >= 11 is 0. The van der Waals surface area contributed by atoms with Crippen molar-refractivity contribution in [3.05, 3.63) is 35.4 Å². The second-order valence-corrected chi connectivity index (χ2v) is 7.84. The van der Waals surface area contributed by atoms with Crippen LogP contribution in [0.4, 0.5) is 0 Å². The first-order chi connectivity index (χ1) is 12.3. The van der Waals surface area contributed by atoms with Crippen molar-refractivity contribution in [1.82, 2.24) is 10.6 Å². The molecule has 0 aromatic heterocycles. The zero-order valence-corrected chi connectivity index (χ0v) is 15.0. The van der Waals surface area contributed by atoms with E-state index in [0.29, 0.717) is 0 Å². The smallest absolute Gasteiger partial charge is 0.191 e. The number of aliphatic imine (C=N–C) groups is 1. The highest BCUT2D eigenvalue weighted by atomic mass is 16.5. The second-order valence-electron chi connectivity index (χ2n) is 7.84. The summed E-state index contributed by atoms with van der Waals surface area (Å²) in [7, 11) is 1.82. The first kappa shape index (κ1) is 16.9. The second kappa shape index (κ2) is 6.96. The highest BCUT2D eigenvalue weighted by Crippen LogP contribution is 2.60. The van der Waals surface area contributed by atoms with Gasteiger partial charge >= 0.3 is 0 Å². The Kier molecular flexibility index (Phi) is 4.69. The predicted octanol–water partition coefficient (Wildman–Crippen LogP) is 1.53. The number of aliphatic hydroxyl groups excluding tert-OH is 1. The molecule has 3 aliphatic rings. The van der Waals surface area contributed by atoms with Crippen LogP contribution in [0.25, 0.3) is 0 Å². The van der Waals surface area contributed by atoms with Crippen LogP contribution in [0.15, 0.2) is 29.3 Å². The van der Waals surface area contributed by atoms with E-state index in [9.17, 15) is 5.11 Å². The summed E-state index contributed by atoms with van der Waals surface area (Å²) in [4.78, 5) is 4.37. The molecule has 1 saturated carbocycles. The Bertz CT molecular complexity index is 640. The van der Waals surface area contributed by atoms with E-state index in [1.165, 1.54) is 6.42 Å². The van der Waals surface area contributed by atoms with Crippen molar-refractivity contribution in [2.75, 3.05) is 40.0 Å². The van der Waals surface area contributed by atoms with Gasteiger partial charge in [-0.05, 0) is 48.1 Å². The summed E-state index contributed by atoms with van der Waals surface area (Å²) in [6.45, 7) is 3.50. The molecule has 0 spiro atoms. The molecule has 0 amide bonds. The fourth-order valence-corrected chi connectivity index (χ4v) is 4.78. The molecular formula is C20H29N3O2. The number of nitrogens with zero attached hydrogens (tertiary/aromatic N) is 1. The number of rotatable bonds is 6. The maximum absolute atomic E-state index is 9.34. The summed E-state index contributed by atoms with van der Waals surface area (Å²) in [5, 5.41) is 16.3. The summed E-state index contributed by atoms with van der Waals surface area (Å²) in [6.07, 6.45) is 3.01. The average Bonchev–Trinajstić information content (AvgIpc) is 2.98. The Morgan fingerprint density at radius 1 is 1.36 bits per heavy atom. The molecule has 2 aliphatic carbocycles. The predicted molar refractivity (Wildman–Crippen MR) is 98.8 cm³/mol. The van der Waals surface area contributed by atoms with Gasteiger partial charge in [-0.1, -0.05) is 24.3 Å². The minimum Gasteiger partial charge on any atom is -0.396 e. The van der Waals surface area contributed by atoms with E-state index >= 15 is 0 Å². The van der Waals surface area contributed by atoms with Crippen LogP contribution in [0.1, 0.15) is 29.9 Å². The molecule has 1 aromatic rings. The number of fused-ring (bicyclic) bond motifs is 3. The van der Waals surface area contributed by atoms with Crippen LogP contribution >= 0.6 is 0 Å². The molecule has 0 bridgehead atoms. The lowest BCUT2D eigenvalue weighted by molar-refractivity contribution is 0.127. The monoisotopic (exact) mass is 343 g/mol. The number of hydrogen-bond acceptors (Lipinski definition) is 3. The topological polar surface area (TPSA) is 65.9 Å². The van der Waals surface area contributed by atoms with Gasteiger partial charge in [-0.15, -0.1) is 0 Å². The third-order valence-electron chi connectivity index (χ3n) is 6.39. The quantitative estimate of drug-likeness (QED) is 0.541. The molecular weight excluding hydrogens is 314 g/mol. The lowest BCUT2D eigenvalue weighted by atomic mass is 9.84. The minimum absolute atomic E-state index is 0.0431. The zero-order chi connectivity index (χ0) is 17.3. The Hall–Kier alpha value is -1.59. The van der Waals surface area contributed by atoms with Crippen molar-refractivity contribution < 1.29 is 9.84 Å². The normalized spacial score (nSPS) is 33.0. The van der Waals surface area contributed by atoms with Crippen LogP contribution in [-0.2, 0) is 11.2 Å². The van der Waals surface area contributed by atoms with E-state index < -0.39 is 0 Å². The molecule has 1 heterocycles. The maximum Gasteiger partial charge on any atom is 0.191 e. The lowest BCUT2D eigenvalue weighted by Crippen LogP contribution is -2.45. The van der Waals surface area contributed by atoms with Gasteiger partial charge < -0.3 is 20.5 Å². The van der Waals surface area contributed by atoms with E-state index in [2.05, 4.69) is 39.9 Å². The molecule has 5 heteroatoms. The Morgan fingerprint density at radius 3 is 3.00 bits per heavy atom. The third kappa shape index (κ3) is 3.27. The molecule has 1 aromatic carbocycles. The van der Waals surface area contributed by atoms with Crippen LogP contribution in [0, 0.1) is 17.3 Å². The van der Waals surface area contributed by atoms with E-state index in [4.69, 9.17) is 4.74 Å². The van der Waals surface area contributed by atoms with E-state index in [1.54, 1.807) is 11.1 Å². The van der Waals surface area contributed by atoms with Crippen molar-refractivity contribution in [3.63, 3.8) is 0 Å². The number of aliphatic hydroxyl groups is 1. The molecule has 1 saturated heterocycles. The lowest BCUT2D eigenvalue weighted by Gasteiger charge is -2.27. The van der Waals surface area contributed by atoms with Crippen molar-refractivity contribution in [2.45, 2.75) is 25.2 Å². The number of ether oxygens (including phenoxy) is 1. The summed E-state index contributed by atoms with van der Waals surface area (Å²) in [5.74, 6) is 3.15. The summed E-state index contributed by atoms with van der Waals surface area (Å²) in [5.41, 5.74) is 3.15. The zero-order valence-electron chi connectivity index (χ0n) is 15.0. The van der Waals surface area contributed by atoms with Crippen LogP contribution in [0.5, 0.6) is 0 Å². The van der Waals surface area contributed by atoms with Gasteiger partial charge in [0.15, 0.2) is 5.96 Å². The van der Waals surface area contributed by atoms with Gasteiger partial charge in [0.05, 0.1) is 6.61 Å². The molecule has 1 aliphatic heterocycles. The summed E-state index contributed by atoms with van der Waals surface area (Å²) in [6, 6.07) is 8.88. The molecule has 136 valence electrons. The van der Waals surface area contributed by atoms with Gasteiger partial charge in [0.25, 0.3) is 0 Å². The fourth-order valence-electron chi connectivity index (χ4n) is 4.78. The number of nitrogens with one attached hydrogen (secondary N) is 2. The first-order valence-corrected chi connectivity index (χ1v) is 9.47. The van der Waals surface area contributed by atoms with Gasteiger partial charge in [0.1, 0.15) is 0 Å². The molecule has 4 atom stereocenters.